The quantitative estimate of drug-likeness (QED) is 0.682. The van der Waals surface area contributed by atoms with Crippen molar-refractivity contribution >= 4 is 15.9 Å². The first-order chi connectivity index (χ1) is 8.77. The molecule has 0 heterocycles. The second-order valence-corrected chi connectivity index (χ2v) is 4.79. The molecule has 0 fully saturated rings. The maximum atomic E-state index is 5.32. The third-order valence-electron chi connectivity index (χ3n) is 2.52. The number of methoxy groups -OCH3 is 2. The summed E-state index contributed by atoms with van der Waals surface area (Å²) >= 11 is 3.47. The Bertz CT molecular complexity index is 348. The van der Waals surface area contributed by atoms with Gasteiger partial charge in [-0.25, -0.2) is 0 Å². The van der Waals surface area contributed by atoms with Gasteiger partial charge in [0.2, 0.25) is 0 Å². The fourth-order valence-electron chi connectivity index (χ4n) is 1.58. The summed E-state index contributed by atoms with van der Waals surface area (Å²) in [5, 5.41) is 6.66. The molecule has 0 bridgehead atoms. The molecule has 1 rings (SSSR count). The van der Waals surface area contributed by atoms with E-state index in [4.69, 9.17) is 9.47 Å². The molecule has 0 aliphatic carbocycles. The molecule has 0 aromatic heterocycles. The number of rotatable bonds is 9. The van der Waals surface area contributed by atoms with Gasteiger partial charge in [-0.15, -0.1) is 0 Å². The second-order valence-electron chi connectivity index (χ2n) is 3.88. The first-order valence-corrected chi connectivity index (χ1v) is 6.80. The third kappa shape index (κ3) is 5.82. The molecule has 2 N–H and O–H groups in total. The molecule has 0 spiro atoms. The van der Waals surface area contributed by atoms with E-state index in [9.17, 15) is 0 Å². The normalized spacial score (nSPS) is 10.6. The second kappa shape index (κ2) is 9.33. The van der Waals surface area contributed by atoms with Gasteiger partial charge in [0.05, 0.1) is 13.7 Å². The summed E-state index contributed by atoms with van der Waals surface area (Å²) < 4.78 is 11.3. The van der Waals surface area contributed by atoms with Crippen molar-refractivity contribution in [2.24, 2.45) is 0 Å². The molecular weight excluding hydrogens is 296 g/mol. The molecule has 1 aromatic carbocycles. The Morgan fingerprint density at radius 1 is 1.11 bits per heavy atom. The van der Waals surface area contributed by atoms with E-state index in [0.717, 1.165) is 48.6 Å². The highest BCUT2D eigenvalue weighted by Gasteiger charge is 2.02. The van der Waals surface area contributed by atoms with Crippen molar-refractivity contribution in [2.75, 3.05) is 40.5 Å². The van der Waals surface area contributed by atoms with E-state index in [2.05, 4.69) is 32.6 Å². The molecular formula is C13H21BrN2O2. The number of halogens is 1. The van der Waals surface area contributed by atoms with Gasteiger partial charge >= 0.3 is 0 Å². The Morgan fingerprint density at radius 3 is 2.61 bits per heavy atom. The molecule has 0 aliphatic heterocycles. The third-order valence-corrected chi connectivity index (χ3v) is 3.01. The van der Waals surface area contributed by atoms with Gasteiger partial charge < -0.3 is 20.1 Å². The minimum atomic E-state index is 0.749. The number of nitrogens with one attached hydrogen (secondary N) is 2. The van der Waals surface area contributed by atoms with Crippen molar-refractivity contribution in [3.05, 3.63) is 28.2 Å². The van der Waals surface area contributed by atoms with Crippen LogP contribution in [0.15, 0.2) is 22.7 Å². The molecule has 0 aliphatic rings. The summed E-state index contributed by atoms with van der Waals surface area (Å²) in [6.07, 6.45) is 0. The molecule has 0 saturated heterocycles. The van der Waals surface area contributed by atoms with Gasteiger partial charge in [0.15, 0.2) is 0 Å². The topological polar surface area (TPSA) is 42.5 Å². The van der Waals surface area contributed by atoms with E-state index in [-0.39, 0.29) is 0 Å². The van der Waals surface area contributed by atoms with Gasteiger partial charge in [0.1, 0.15) is 5.75 Å². The van der Waals surface area contributed by atoms with Crippen LogP contribution in [0.25, 0.3) is 0 Å². The summed E-state index contributed by atoms with van der Waals surface area (Å²) in [7, 11) is 3.40. The fraction of sp³-hybridized carbons (Fsp3) is 0.538. The average Bonchev–Trinajstić information content (AvgIpc) is 2.38. The highest BCUT2D eigenvalue weighted by Crippen LogP contribution is 2.22. The largest absolute Gasteiger partial charge is 0.496 e. The average molecular weight is 317 g/mol. The van der Waals surface area contributed by atoms with Crippen LogP contribution >= 0.6 is 15.9 Å². The van der Waals surface area contributed by atoms with E-state index in [1.54, 1.807) is 14.2 Å². The standard InChI is InChI=1S/C13H21BrN2O2/c1-17-8-7-15-5-6-16-10-11-9-12(14)3-4-13(11)18-2/h3-4,9,15-16H,5-8,10H2,1-2H3. The van der Waals surface area contributed by atoms with Crippen molar-refractivity contribution in [3.63, 3.8) is 0 Å². The van der Waals surface area contributed by atoms with Crippen molar-refractivity contribution in [1.29, 1.82) is 0 Å². The lowest BCUT2D eigenvalue weighted by molar-refractivity contribution is 0.199. The SMILES string of the molecule is COCCNCCNCc1cc(Br)ccc1OC. The predicted molar refractivity (Wildman–Crippen MR) is 77.1 cm³/mol. The van der Waals surface area contributed by atoms with Crippen LogP contribution in [0.5, 0.6) is 5.75 Å². The maximum absolute atomic E-state index is 5.32. The summed E-state index contributed by atoms with van der Waals surface area (Å²) in [5.41, 5.74) is 1.16. The molecule has 5 heteroatoms. The lowest BCUT2D eigenvalue weighted by Crippen LogP contribution is -2.29. The smallest absolute Gasteiger partial charge is 0.123 e. The van der Waals surface area contributed by atoms with E-state index in [1.807, 2.05) is 12.1 Å². The molecule has 102 valence electrons. The Balaban J connectivity index is 2.24. The van der Waals surface area contributed by atoms with Crippen LogP contribution in [0, 0.1) is 0 Å². The zero-order valence-corrected chi connectivity index (χ0v) is 12.5. The van der Waals surface area contributed by atoms with Crippen LogP contribution in [0.4, 0.5) is 0 Å². The van der Waals surface area contributed by atoms with Crippen molar-refractivity contribution in [2.45, 2.75) is 6.54 Å². The molecule has 0 saturated carbocycles. The summed E-state index contributed by atoms with van der Waals surface area (Å²) in [6.45, 7) is 4.28. The molecule has 4 nitrogen and oxygen atoms in total. The van der Waals surface area contributed by atoms with E-state index < -0.39 is 0 Å². The fourth-order valence-corrected chi connectivity index (χ4v) is 1.99. The van der Waals surface area contributed by atoms with Crippen molar-refractivity contribution < 1.29 is 9.47 Å². The zero-order valence-electron chi connectivity index (χ0n) is 11.0. The van der Waals surface area contributed by atoms with Gasteiger partial charge in [0, 0.05) is 43.3 Å². The number of ether oxygens (including phenoxy) is 2. The molecule has 0 unspecified atom stereocenters. The zero-order chi connectivity index (χ0) is 13.2. The van der Waals surface area contributed by atoms with Crippen LogP contribution in [0.1, 0.15) is 5.56 Å². The molecule has 1 aromatic rings. The minimum Gasteiger partial charge on any atom is -0.496 e. The molecule has 0 amide bonds. The Morgan fingerprint density at radius 2 is 1.89 bits per heavy atom. The summed E-state index contributed by atoms with van der Waals surface area (Å²) in [6, 6.07) is 6.02. The maximum Gasteiger partial charge on any atom is 0.123 e. The summed E-state index contributed by atoms with van der Waals surface area (Å²) in [4.78, 5) is 0. The van der Waals surface area contributed by atoms with Crippen molar-refractivity contribution in [1.82, 2.24) is 10.6 Å². The first kappa shape index (κ1) is 15.4. The van der Waals surface area contributed by atoms with E-state index >= 15 is 0 Å². The van der Waals surface area contributed by atoms with Crippen LogP contribution in [-0.2, 0) is 11.3 Å². The molecule has 0 radical (unpaired) electrons. The van der Waals surface area contributed by atoms with E-state index in [1.165, 1.54) is 0 Å². The van der Waals surface area contributed by atoms with Gasteiger partial charge in [-0.1, -0.05) is 15.9 Å². The highest BCUT2D eigenvalue weighted by molar-refractivity contribution is 9.10. The van der Waals surface area contributed by atoms with Crippen LogP contribution in [0.2, 0.25) is 0 Å². The van der Waals surface area contributed by atoms with Crippen LogP contribution < -0.4 is 15.4 Å². The van der Waals surface area contributed by atoms with Gasteiger partial charge in [-0.3, -0.25) is 0 Å². The monoisotopic (exact) mass is 316 g/mol. The lowest BCUT2D eigenvalue weighted by Gasteiger charge is -2.10. The minimum absolute atomic E-state index is 0.749. The van der Waals surface area contributed by atoms with Gasteiger partial charge in [0.25, 0.3) is 0 Å². The highest BCUT2D eigenvalue weighted by atomic mass is 79.9. The van der Waals surface area contributed by atoms with Gasteiger partial charge in [-0.05, 0) is 18.2 Å². The Hall–Kier alpha value is -0.620. The molecule has 18 heavy (non-hydrogen) atoms. The lowest BCUT2D eigenvalue weighted by atomic mass is 10.2. The number of benzene rings is 1. The van der Waals surface area contributed by atoms with Crippen LogP contribution in [0.3, 0.4) is 0 Å². The number of hydrogen-bond acceptors (Lipinski definition) is 4. The van der Waals surface area contributed by atoms with E-state index in [0.29, 0.717) is 0 Å². The Kier molecular flexibility index (Phi) is 8.00. The Labute approximate surface area is 117 Å². The van der Waals surface area contributed by atoms with Crippen LogP contribution in [-0.4, -0.2) is 40.5 Å². The van der Waals surface area contributed by atoms with Gasteiger partial charge in [-0.2, -0.15) is 0 Å². The predicted octanol–water partition coefficient (Wildman–Crippen LogP) is 1.78. The first-order valence-electron chi connectivity index (χ1n) is 6.00. The summed E-state index contributed by atoms with van der Waals surface area (Å²) in [5.74, 6) is 0.915. The molecule has 0 atom stereocenters. The van der Waals surface area contributed by atoms with Crippen molar-refractivity contribution in [3.8, 4) is 5.75 Å². The number of hydrogen-bond donors (Lipinski definition) is 2.